The van der Waals surface area contributed by atoms with Gasteiger partial charge in [0.15, 0.2) is 5.78 Å². The Labute approximate surface area is 387 Å². The van der Waals surface area contributed by atoms with Crippen molar-refractivity contribution in [1.29, 1.82) is 0 Å². The van der Waals surface area contributed by atoms with Crippen LogP contribution in [0.2, 0.25) is 10.0 Å². The number of carbonyl (C=O) groups is 2. The summed E-state index contributed by atoms with van der Waals surface area (Å²) < 4.78 is 25.0. The highest BCUT2D eigenvalue weighted by Crippen LogP contribution is 2.52. The maximum Gasteiger partial charge on any atom is 0.336 e. The van der Waals surface area contributed by atoms with Gasteiger partial charge in [0.2, 0.25) is 0 Å². The molecule has 1 N–H and O–H groups in total. The van der Waals surface area contributed by atoms with Crippen LogP contribution in [0.1, 0.15) is 26.3 Å². The molecular formula is C58H28Cl2O7. The molecule has 4 heterocycles. The van der Waals surface area contributed by atoms with Crippen LogP contribution in [0, 0.1) is 0 Å². The molecule has 9 heteroatoms. The van der Waals surface area contributed by atoms with E-state index in [0.717, 1.165) is 92.5 Å². The first-order valence-corrected chi connectivity index (χ1v) is 22.3. The van der Waals surface area contributed by atoms with Gasteiger partial charge in [0.1, 0.15) is 44.7 Å². The Morgan fingerprint density at radius 2 is 0.896 bits per heavy atom. The fourth-order valence-corrected chi connectivity index (χ4v) is 11.0. The summed E-state index contributed by atoms with van der Waals surface area (Å²) in [4.78, 5) is 25.8. The van der Waals surface area contributed by atoms with Crippen LogP contribution in [-0.4, -0.2) is 16.9 Å². The van der Waals surface area contributed by atoms with Gasteiger partial charge in [-0.2, -0.15) is 0 Å². The first-order valence-electron chi connectivity index (χ1n) is 21.6. The number of rotatable bonds is 2. The van der Waals surface area contributed by atoms with E-state index in [1.54, 1.807) is 24.3 Å². The number of carboxylic acids is 1. The van der Waals surface area contributed by atoms with Crippen molar-refractivity contribution in [3.8, 4) is 22.3 Å². The predicted octanol–water partition coefficient (Wildman–Crippen LogP) is 17.2. The van der Waals surface area contributed by atoms with Crippen LogP contribution in [0.25, 0.3) is 132 Å². The minimum atomic E-state index is -1.02. The van der Waals surface area contributed by atoms with E-state index in [1.165, 1.54) is 0 Å². The summed E-state index contributed by atoms with van der Waals surface area (Å²) in [5, 5.41) is 22.5. The number of benzene rings is 10. The van der Waals surface area contributed by atoms with Gasteiger partial charge in [0.05, 0.1) is 15.6 Å². The van der Waals surface area contributed by atoms with Crippen LogP contribution in [-0.2, 0) is 0 Å². The van der Waals surface area contributed by atoms with Crippen LogP contribution in [0.4, 0.5) is 0 Å². The van der Waals surface area contributed by atoms with Gasteiger partial charge in [-0.05, 0) is 100 Å². The summed E-state index contributed by atoms with van der Waals surface area (Å²) in [7, 11) is 0. The van der Waals surface area contributed by atoms with E-state index in [2.05, 4.69) is 24.3 Å². The van der Waals surface area contributed by atoms with Gasteiger partial charge in [-0.3, -0.25) is 4.79 Å². The van der Waals surface area contributed by atoms with Crippen LogP contribution in [0.15, 0.2) is 181 Å². The fourth-order valence-electron chi connectivity index (χ4n) is 10.4. The second kappa shape index (κ2) is 13.8. The number of carbonyl (C=O) groups excluding carboxylic acids is 1. The highest BCUT2D eigenvalue weighted by molar-refractivity contribution is 6.42. The molecule has 0 bridgehead atoms. The maximum absolute atomic E-state index is 13.5. The van der Waals surface area contributed by atoms with Gasteiger partial charge < -0.3 is 22.8 Å². The van der Waals surface area contributed by atoms with Gasteiger partial charge in [0.25, 0.3) is 0 Å². The van der Waals surface area contributed by atoms with Crippen molar-refractivity contribution in [2.24, 2.45) is 0 Å². The van der Waals surface area contributed by atoms with Crippen molar-refractivity contribution in [3.05, 3.63) is 191 Å². The van der Waals surface area contributed by atoms with Crippen molar-refractivity contribution in [1.82, 2.24) is 0 Å². The van der Waals surface area contributed by atoms with Gasteiger partial charge in [0, 0.05) is 76.5 Å². The molecule has 4 aromatic heterocycles. The summed E-state index contributed by atoms with van der Waals surface area (Å²) in [6, 6.07) is 52.4. The monoisotopic (exact) mass is 906 g/mol. The molecule has 7 nitrogen and oxygen atoms in total. The zero-order valence-electron chi connectivity index (χ0n) is 34.7. The molecule has 0 spiro atoms. The Morgan fingerprint density at radius 1 is 0.388 bits per heavy atom. The van der Waals surface area contributed by atoms with E-state index < -0.39 is 5.97 Å². The second-order valence-electron chi connectivity index (χ2n) is 16.9. The molecule has 0 unspecified atom stereocenters. The van der Waals surface area contributed by atoms with E-state index >= 15 is 0 Å². The van der Waals surface area contributed by atoms with E-state index in [9.17, 15) is 14.7 Å². The summed E-state index contributed by atoms with van der Waals surface area (Å²) >= 11 is 13.5. The van der Waals surface area contributed by atoms with Gasteiger partial charge >= 0.3 is 5.97 Å². The number of ketones is 1. The SMILES string of the molecule is O=C(O)c1ccc2oc3ccccc3c2c1-c1ccc(Cl)c2c1oc1cc3ccccc3cc12.O=C1c2cc(Cl)c3c(oc4cc5ccccc5cc43)c2-c2c1ccc1oc3ccccc3c21. The molecule has 0 radical (unpaired) electrons. The molecule has 0 atom stereocenters. The average molecular weight is 908 g/mol. The number of fused-ring (bicyclic) bond motifs is 19. The Morgan fingerprint density at radius 3 is 1.51 bits per heavy atom. The Bertz CT molecular complexity index is 4540. The maximum atomic E-state index is 13.5. The molecule has 1 aliphatic rings. The van der Waals surface area contributed by atoms with E-state index in [-0.39, 0.29) is 11.3 Å². The fraction of sp³-hybridized carbons (Fsp3) is 0. The van der Waals surface area contributed by atoms with E-state index in [1.807, 2.05) is 115 Å². The van der Waals surface area contributed by atoms with Gasteiger partial charge in [-0.15, -0.1) is 0 Å². The zero-order chi connectivity index (χ0) is 44.8. The minimum Gasteiger partial charge on any atom is -0.478 e. The normalized spacial score (nSPS) is 12.5. The van der Waals surface area contributed by atoms with E-state index in [4.69, 9.17) is 40.9 Å². The molecule has 15 rings (SSSR count). The van der Waals surface area contributed by atoms with Gasteiger partial charge in [-0.25, -0.2) is 4.79 Å². The van der Waals surface area contributed by atoms with Crippen LogP contribution >= 0.6 is 23.2 Å². The lowest BCUT2D eigenvalue weighted by molar-refractivity contribution is 0.0697. The number of carboxylic acid groups (broad SMARTS) is 1. The third-order valence-corrected chi connectivity index (χ3v) is 13.9. The first kappa shape index (κ1) is 38.0. The third-order valence-electron chi connectivity index (χ3n) is 13.3. The quantitative estimate of drug-likeness (QED) is 0.184. The topological polar surface area (TPSA) is 107 Å². The van der Waals surface area contributed by atoms with Crippen LogP contribution in [0.5, 0.6) is 0 Å². The minimum absolute atomic E-state index is 0.0402. The second-order valence-corrected chi connectivity index (χ2v) is 17.7. The lowest BCUT2D eigenvalue weighted by atomic mass is 9.93. The lowest BCUT2D eigenvalue weighted by Crippen LogP contribution is -2.00. The molecule has 10 aromatic carbocycles. The molecule has 1 aliphatic carbocycles. The Balaban J connectivity index is 0.000000127. The summed E-state index contributed by atoms with van der Waals surface area (Å²) in [6.07, 6.45) is 0. The summed E-state index contributed by atoms with van der Waals surface area (Å²) in [5.74, 6) is -1.06. The number of aromatic carboxylic acids is 1. The molecule has 0 saturated carbocycles. The highest BCUT2D eigenvalue weighted by atomic mass is 35.5. The lowest BCUT2D eigenvalue weighted by Gasteiger charge is -2.10. The molecule has 67 heavy (non-hydrogen) atoms. The number of para-hydroxylation sites is 2. The number of hydrogen-bond donors (Lipinski definition) is 1. The van der Waals surface area contributed by atoms with Crippen molar-refractivity contribution in [2.45, 2.75) is 0 Å². The number of halogens is 2. The molecule has 0 aliphatic heterocycles. The first-order chi connectivity index (χ1) is 32.8. The highest BCUT2D eigenvalue weighted by Gasteiger charge is 2.35. The van der Waals surface area contributed by atoms with Crippen molar-refractivity contribution in [3.63, 3.8) is 0 Å². The molecule has 0 fully saturated rings. The van der Waals surface area contributed by atoms with Crippen molar-refractivity contribution >= 4 is 144 Å². The van der Waals surface area contributed by atoms with Crippen molar-refractivity contribution in [2.75, 3.05) is 0 Å². The molecular weight excluding hydrogens is 880 g/mol. The number of hydrogen-bond acceptors (Lipinski definition) is 6. The molecule has 14 aromatic rings. The predicted molar refractivity (Wildman–Crippen MR) is 268 cm³/mol. The average Bonchev–Trinajstić information content (AvgIpc) is 4.16. The van der Waals surface area contributed by atoms with Crippen molar-refractivity contribution < 1.29 is 32.4 Å². The smallest absolute Gasteiger partial charge is 0.336 e. The number of furan rings is 4. The zero-order valence-corrected chi connectivity index (χ0v) is 36.3. The molecule has 0 saturated heterocycles. The van der Waals surface area contributed by atoms with Crippen LogP contribution < -0.4 is 0 Å². The standard InChI is InChI=1S/C29H15ClO4.C29H13ClO3/c30-21-11-9-18(28-26(21)20-13-15-5-1-2-6-16(15)14-24(20)34-28)25-19(29(31)32)10-12-23-27(25)17-7-3-4-8-22(17)33-23;30-20-13-19-27(29-24(20)18-11-14-5-1-2-6-15(14)12-23(18)33-29)26-17(28(19)31)9-10-22-25(26)16-7-3-4-8-21(16)32-22/h1-14H,(H,31,32);1-13H. The Kier molecular flexibility index (Phi) is 7.83. The van der Waals surface area contributed by atoms with Crippen LogP contribution in [0.3, 0.4) is 0 Å². The van der Waals surface area contributed by atoms with Gasteiger partial charge in [-0.1, -0.05) is 108 Å². The molecule has 316 valence electrons. The molecule has 0 amide bonds. The summed E-state index contributed by atoms with van der Waals surface area (Å²) in [5.41, 5.74) is 9.79. The van der Waals surface area contributed by atoms with E-state index in [0.29, 0.717) is 60.2 Å². The largest absolute Gasteiger partial charge is 0.478 e. The Hall–Kier alpha value is -8.36. The summed E-state index contributed by atoms with van der Waals surface area (Å²) in [6.45, 7) is 0. The third kappa shape index (κ3) is 5.35.